The van der Waals surface area contributed by atoms with Gasteiger partial charge in [-0.15, -0.1) is 0 Å². The van der Waals surface area contributed by atoms with Crippen LogP contribution in [0.1, 0.15) is 51.3 Å². The molecule has 1 heterocycles. The maximum absolute atomic E-state index is 4.85. The first-order valence-electron chi connectivity index (χ1n) is 10.6. The fourth-order valence-corrected chi connectivity index (χ4v) is 4.07. The molecule has 2 aromatic rings. The van der Waals surface area contributed by atoms with Crippen molar-refractivity contribution in [1.82, 2.24) is 5.01 Å². The van der Waals surface area contributed by atoms with Crippen molar-refractivity contribution in [3.05, 3.63) is 59.7 Å². The summed E-state index contributed by atoms with van der Waals surface area (Å²) in [5, 5.41) is 6.96. The van der Waals surface area contributed by atoms with Crippen LogP contribution in [0.25, 0.3) is 0 Å². The van der Waals surface area contributed by atoms with Crippen LogP contribution in [0, 0.1) is 0 Å². The molecule has 0 saturated carbocycles. The Balaban J connectivity index is 1.72. The van der Waals surface area contributed by atoms with Crippen LogP contribution in [0.5, 0.6) is 0 Å². The number of benzene rings is 2. The Morgan fingerprint density at radius 2 is 1.25 bits per heavy atom. The number of anilines is 2. The lowest BCUT2D eigenvalue weighted by Crippen LogP contribution is -2.22. The van der Waals surface area contributed by atoms with E-state index in [0.717, 1.165) is 32.6 Å². The Hall–Kier alpha value is -2.49. The summed E-state index contributed by atoms with van der Waals surface area (Å²) in [5.74, 6) is 0. The lowest BCUT2D eigenvalue weighted by molar-refractivity contribution is 0.290. The van der Waals surface area contributed by atoms with Gasteiger partial charge in [0.25, 0.3) is 0 Å². The van der Waals surface area contributed by atoms with Crippen molar-refractivity contribution in [3.63, 3.8) is 0 Å². The standard InChI is InChI=1S/C24H34N4/c1-6-27(7-2)21-14-10-19(11-15-21)23-18-24(26(5)25-23)20-12-16-22(17-13-20)28(8-3)9-4/h10-17,24H,6-9,18H2,1-5H3. The first kappa shape index (κ1) is 20.2. The second-order valence-electron chi connectivity index (χ2n) is 7.32. The van der Waals surface area contributed by atoms with Gasteiger partial charge in [-0.25, -0.2) is 0 Å². The van der Waals surface area contributed by atoms with Crippen molar-refractivity contribution < 1.29 is 0 Å². The zero-order chi connectivity index (χ0) is 20.1. The zero-order valence-corrected chi connectivity index (χ0v) is 18.0. The molecule has 0 saturated heterocycles. The first-order chi connectivity index (χ1) is 13.6. The third-order valence-electron chi connectivity index (χ3n) is 5.85. The number of hydrazone groups is 1. The molecule has 1 aliphatic heterocycles. The first-order valence-corrected chi connectivity index (χ1v) is 10.6. The minimum absolute atomic E-state index is 0.309. The van der Waals surface area contributed by atoms with Gasteiger partial charge in [-0.2, -0.15) is 5.10 Å². The molecule has 3 rings (SSSR count). The minimum atomic E-state index is 0.309. The molecule has 0 bridgehead atoms. The molecule has 0 aliphatic carbocycles. The normalized spacial score (nSPS) is 16.2. The number of nitrogens with zero attached hydrogens (tertiary/aromatic N) is 4. The molecule has 0 amide bonds. The summed E-state index contributed by atoms with van der Waals surface area (Å²) >= 11 is 0. The smallest absolute Gasteiger partial charge is 0.0773 e. The van der Waals surface area contributed by atoms with E-state index in [1.54, 1.807) is 0 Å². The van der Waals surface area contributed by atoms with Crippen LogP contribution >= 0.6 is 0 Å². The Kier molecular flexibility index (Phi) is 6.61. The van der Waals surface area contributed by atoms with Crippen LogP contribution in [0.3, 0.4) is 0 Å². The highest BCUT2D eigenvalue weighted by Crippen LogP contribution is 2.32. The summed E-state index contributed by atoms with van der Waals surface area (Å²) in [6.07, 6.45) is 0.950. The predicted octanol–water partition coefficient (Wildman–Crippen LogP) is 5.16. The Bertz CT molecular complexity index is 771. The van der Waals surface area contributed by atoms with Crippen LogP contribution in [-0.4, -0.2) is 43.9 Å². The highest BCUT2D eigenvalue weighted by Gasteiger charge is 2.26. The van der Waals surface area contributed by atoms with Gasteiger partial charge in [-0.3, -0.25) is 5.01 Å². The zero-order valence-electron chi connectivity index (χ0n) is 18.0. The molecule has 1 atom stereocenters. The van der Waals surface area contributed by atoms with E-state index in [1.165, 1.54) is 28.2 Å². The van der Waals surface area contributed by atoms with Crippen LogP contribution in [-0.2, 0) is 0 Å². The maximum Gasteiger partial charge on any atom is 0.0773 e. The molecule has 0 fully saturated rings. The fraction of sp³-hybridized carbons (Fsp3) is 0.458. The number of hydrogen-bond donors (Lipinski definition) is 0. The van der Waals surface area contributed by atoms with Gasteiger partial charge in [0.15, 0.2) is 0 Å². The Labute approximate surface area is 170 Å². The molecular weight excluding hydrogens is 344 g/mol. The van der Waals surface area contributed by atoms with Gasteiger partial charge in [-0.05, 0) is 63.1 Å². The topological polar surface area (TPSA) is 22.1 Å². The van der Waals surface area contributed by atoms with Crippen molar-refractivity contribution in [2.45, 2.75) is 40.2 Å². The molecule has 150 valence electrons. The van der Waals surface area contributed by atoms with E-state index in [2.05, 4.69) is 98.1 Å². The van der Waals surface area contributed by atoms with E-state index in [9.17, 15) is 0 Å². The minimum Gasteiger partial charge on any atom is -0.372 e. The van der Waals surface area contributed by atoms with E-state index in [-0.39, 0.29) is 0 Å². The third kappa shape index (κ3) is 4.16. The Morgan fingerprint density at radius 3 is 1.71 bits per heavy atom. The largest absolute Gasteiger partial charge is 0.372 e. The maximum atomic E-state index is 4.85. The molecule has 1 aliphatic rings. The Morgan fingerprint density at radius 1 is 0.786 bits per heavy atom. The van der Waals surface area contributed by atoms with Crippen LogP contribution < -0.4 is 9.80 Å². The summed E-state index contributed by atoms with van der Waals surface area (Å²) in [7, 11) is 2.08. The summed E-state index contributed by atoms with van der Waals surface area (Å²) in [5.41, 5.74) is 6.31. The quantitative estimate of drug-likeness (QED) is 0.633. The molecule has 4 heteroatoms. The van der Waals surface area contributed by atoms with Gasteiger partial charge in [0.1, 0.15) is 0 Å². The lowest BCUT2D eigenvalue weighted by atomic mass is 9.98. The monoisotopic (exact) mass is 378 g/mol. The number of rotatable bonds is 8. The summed E-state index contributed by atoms with van der Waals surface area (Å²) in [4.78, 5) is 4.74. The van der Waals surface area contributed by atoms with E-state index in [1.807, 2.05) is 0 Å². The van der Waals surface area contributed by atoms with E-state index in [4.69, 9.17) is 5.10 Å². The van der Waals surface area contributed by atoms with Crippen molar-refractivity contribution in [1.29, 1.82) is 0 Å². The van der Waals surface area contributed by atoms with Gasteiger partial charge in [0.2, 0.25) is 0 Å². The van der Waals surface area contributed by atoms with Gasteiger partial charge in [-0.1, -0.05) is 24.3 Å². The molecule has 28 heavy (non-hydrogen) atoms. The summed E-state index contributed by atoms with van der Waals surface area (Å²) in [6, 6.07) is 18.2. The van der Waals surface area contributed by atoms with Gasteiger partial charge < -0.3 is 9.80 Å². The summed E-state index contributed by atoms with van der Waals surface area (Å²) in [6.45, 7) is 12.9. The van der Waals surface area contributed by atoms with Crippen molar-refractivity contribution in [2.75, 3.05) is 43.0 Å². The van der Waals surface area contributed by atoms with Crippen LogP contribution in [0.4, 0.5) is 11.4 Å². The van der Waals surface area contributed by atoms with Crippen LogP contribution in [0.15, 0.2) is 53.6 Å². The molecule has 0 N–H and O–H groups in total. The highest BCUT2D eigenvalue weighted by atomic mass is 15.5. The third-order valence-corrected chi connectivity index (χ3v) is 5.85. The SMILES string of the molecule is CCN(CC)c1ccc(C2=NN(C)C(c3ccc(N(CC)CC)cc3)C2)cc1. The highest BCUT2D eigenvalue weighted by molar-refractivity contribution is 6.02. The van der Waals surface area contributed by atoms with Crippen LogP contribution in [0.2, 0.25) is 0 Å². The average Bonchev–Trinajstić information content (AvgIpc) is 3.12. The van der Waals surface area contributed by atoms with Gasteiger partial charge in [0, 0.05) is 51.0 Å². The molecule has 4 nitrogen and oxygen atoms in total. The molecule has 2 aromatic carbocycles. The van der Waals surface area contributed by atoms with Gasteiger partial charge in [0.05, 0.1) is 11.8 Å². The van der Waals surface area contributed by atoms with Crippen molar-refractivity contribution >= 4 is 17.1 Å². The molecule has 0 radical (unpaired) electrons. The summed E-state index contributed by atoms with van der Waals surface area (Å²) < 4.78 is 0. The van der Waals surface area contributed by atoms with E-state index in [0.29, 0.717) is 6.04 Å². The second-order valence-corrected chi connectivity index (χ2v) is 7.32. The fourth-order valence-electron chi connectivity index (χ4n) is 4.07. The molecule has 1 unspecified atom stereocenters. The average molecular weight is 379 g/mol. The number of hydrogen-bond acceptors (Lipinski definition) is 4. The van der Waals surface area contributed by atoms with Crippen molar-refractivity contribution in [3.8, 4) is 0 Å². The van der Waals surface area contributed by atoms with Gasteiger partial charge >= 0.3 is 0 Å². The van der Waals surface area contributed by atoms with E-state index < -0.39 is 0 Å². The lowest BCUT2D eigenvalue weighted by Gasteiger charge is -2.23. The van der Waals surface area contributed by atoms with E-state index >= 15 is 0 Å². The molecular formula is C24H34N4. The molecule has 0 aromatic heterocycles. The molecule has 0 spiro atoms. The predicted molar refractivity (Wildman–Crippen MR) is 122 cm³/mol. The second kappa shape index (κ2) is 9.13. The van der Waals surface area contributed by atoms with Crippen molar-refractivity contribution in [2.24, 2.45) is 5.10 Å².